The molecule has 0 heterocycles. The van der Waals surface area contributed by atoms with Crippen LogP contribution in [0, 0.1) is 0 Å². The fourth-order valence-corrected chi connectivity index (χ4v) is 3.91. The molecule has 3 unspecified atom stereocenters. The van der Waals surface area contributed by atoms with Gasteiger partial charge in [0.1, 0.15) is 0 Å². The van der Waals surface area contributed by atoms with E-state index in [1.54, 1.807) is 0 Å². The van der Waals surface area contributed by atoms with Crippen molar-refractivity contribution in [3.63, 3.8) is 0 Å². The third-order valence-electron chi connectivity index (χ3n) is 3.63. The molecule has 138 valence electrons. The summed E-state index contributed by atoms with van der Waals surface area (Å²) in [5, 5.41) is 6.33. The topological polar surface area (TPSA) is 53.5 Å². The number of rotatable bonds is 6. The molecule has 4 nitrogen and oxygen atoms in total. The predicted octanol–water partition coefficient (Wildman–Crippen LogP) is 3.19. The molecule has 0 spiro atoms. The van der Waals surface area contributed by atoms with E-state index < -0.39 is 23.4 Å². The van der Waals surface area contributed by atoms with Crippen molar-refractivity contribution in [1.82, 2.24) is 10.6 Å². The summed E-state index contributed by atoms with van der Waals surface area (Å²) in [6, 6.07) is 0.123. The number of nitrogens with one attached hydrogen (secondary N) is 2. The standard InChI is InChI=1S/C14H26F3N3OS.HI/c1-3-18-13(19-9-8-14(15,16)17)20-11-6-5-7-12(10-11)22(21)4-2;/h11-12H,3-10H2,1-2H3,(H2,18,19,20);1H. The first-order valence-corrected chi connectivity index (χ1v) is 9.22. The smallest absolute Gasteiger partial charge is 0.357 e. The molecule has 1 fully saturated rings. The zero-order chi connectivity index (χ0) is 16.6. The first-order valence-electron chi connectivity index (χ1n) is 7.84. The van der Waals surface area contributed by atoms with Crippen molar-refractivity contribution >= 4 is 40.7 Å². The summed E-state index contributed by atoms with van der Waals surface area (Å²) in [6.45, 7) is 4.09. The van der Waals surface area contributed by atoms with Gasteiger partial charge in [0.05, 0.1) is 13.0 Å². The summed E-state index contributed by atoms with van der Waals surface area (Å²) in [4.78, 5) is 3.98. The van der Waals surface area contributed by atoms with Crippen LogP contribution in [0.4, 0.5) is 13.2 Å². The van der Waals surface area contributed by atoms with Crippen LogP contribution in [0.15, 0.2) is 4.99 Å². The van der Waals surface area contributed by atoms with E-state index in [0.717, 1.165) is 25.7 Å². The molecule has 1 aliphatic carbocycles. The summed E-state index contributed by atoms with van der Waals surface area (Å²) >= 11 is 0. The molecule has 0 amide bonds. The Labute approximate surface area is 155 Å². The van der Waals surface area contributed by atoms with Gasteiger partial charge in [0, 0.05) is 34.4 Å². The molecule has 0 aliphatic heterocycles. The number of halogens is 4. The molecule has 1 rings (SSSR count). The Bertz CT molecular complexity index is 394. The maximum absolute atomic E-state index is 12.2. The molecule has 1 aliphatic rings. The lowest BCUT2D eigenvalue weighted by atomic mass is 9.95. The van der Waals surface area contributed by atoms with Crippen molar-refractivity contribution < 1.29 is 17.4 Å². The van der Waals surface area contributed by atoms with E-state index >= 15 is 0 Å². The third-order valence-corrected chi connectivity index (χ3v) is 5.37. The fraction of sp³-hybridized carbons (Fsp3) is 0.929. The summed E-state index contributed by atoms with van der Waals surface area (Å²) in [5.41, 5.74) is 0. The molecular formula is C14H27F3IN3OS. The minimum Gasteiger partial charge on any atom is -0.357 e. The van der Waals surface area contributed by atoms with Crippen molar-refractivity contribution in [1.29, 1.82) is 0 Å². The Hall–Kier alpha value is -0.0600. The van der Waals surface area contributed by atoms with Gasteiger partial charge in [-0.3, -0.25) is 9.20 Å². The van der Waals surface area contributed by atoms with Crippen LogP contribution in [-0.2, 0) is 10.8 Å². The molecule has 2 N–H and O–H groups in total. The Morgan fingerprint density at radius 1 is 1.30 bits per heavy atom. The molecule has 9 heteroatoms. The van der Waals surface area contributed by atoms with Gasteiger partial charge in [0.15, 0.2) is 5.96 Å². The Morgan fingerprint density at radius 2 is 2.00 bits per heavy atom. The monoisotopic (exact) mass is 469 g/mol. The maximum Gasteiger partial charge on any atom is 0.390 e. The summed E-state index contributed by atoms with van der Waals surface area (Å²) < 4.78 is 48.5. The number of guanidine groups is 1. The lowest BCUT2D eigenvalue weighted by Gasteiger charge is -2.30. The average Bonchev–Trinajstić information content (AvgIpc) is 2.45. The molecule has 0 bridgehead atoms. The largest absolute Gasteiger partial charge is 0.390 e. The Balaban J connectivity index is 0.00000484. The number of hydrogen-bond donors (Lipinski definition) is 2. The highest BCUT2D eigenvalue weighted by molar-refractivity contribution is 14.0. The van der Waals surface area contributed by atoms with Crippen LogP contribution in [0.25, 0.3) is 0 Å². The average molecular weight is 469 g/mol. The van der Waals surface area contributed by atoms with E-state index in [9.17, 15) is 17.4 Å². The highest BCUT2D eigenvalue weighted by Crippen LogP contribution is 2.23. The van der Waals surface area contributed by atoms with E-state index in [0.29, 0.717) is 18.3 Å². The third kappa shape index (κ3) is 9.73. The van der Waals surface area contributed by atoms with Crippen molar-refractivity contribution in [3.05, 3.63) is 0 Å². The normalized spacial score (nSPS) is 23.8. The second-order valence-electron chi connectivity index (χ2n) is 5.43. The van der Waals surface area contributed by atoms with Gasteiger partial charge in [-0.1, -0.05) is 13.3 Å². The molecule has 0 radical (unpaired) electrons. The molecule has 0 aromatic rings. The van der Waals surface area contributed by atoms with Gasteiger partial charge in [0.25, 0.3) is 0 Å². The van der Waals surface area contributed by atoms with Gasteiger partial charge in [-0.25, -0.2) is 0 Å². The molecular weight excluding hydrogens is 442 g/mol. The minimum atomic E-state index is -4.19. The first kappa shape index (κ1) is 22.9. The predicted molar refractivity (Wildman–Crippen MR) is 99.9 cm³/mol. The highest BCUT2D eigenvalue weighted by atomic mass is 127. The zero-order valence-electron chi connectivity index (χ0n) is 13.6. The maximum atomic E-state index is 12.2. The van der Waals surface area contributed by atoms with Gasteiger partial charge in [-0.2, -0.15) is 13.2 Å². The minimum absolute atomic E-state index is 0. The molecule has 3 atom stereocenters. The van der Waals surface area contributed by atoms with Crippen molar-refractivity contribution in [2.75, 3.05) is 18.8 Å². The van der Waals surface area contributed by atoms with Crippen LogP contribution < -0.4 is 10.6 Å². The number of aliphatic imine (C=N–C) groups is 1. The number of hydrogen-bond acceptors (Lipinski definition) is 2. The van der Waals surface area contributed by atoms with E-state index in [4.69, 9.17) is 0 Å². The van der Waals surface area contributed by atoms with Crippen LogP contribution in [-0.4, -0.2) is 46.5 Å². The van der Waals surface area contributed by atoms with Gasteiger partial charge < -0.3 is 10.6 Å². The van der Waals surface area contributed by atoms with Crippen LogP contribution in [0.2, 0.25) is 0 Å². The Morgan fingerprint density at radius 3 is 2.57 bits per heavy atom. The lowest BCUT2D eigenvalue weighted by Crippen LogP contribution is -2.46. The molecule has 0 saturated heterocycles. The van der Waals surface area contributed by atoms with Crippen LogP contribution in [0.3, 0.4) is 0 Å². The second-order valence-corrected chi connectivity index (χ2v) is 7.43. The molecule has 1 saturated carbocycles. The quantitative estimate of drug-likeness (QED) is 0.357. The molecule has 0 aromatic carbocycles. The van der Waals surface area contributed by atoms with Gasteiger partial charge >= 0.3 is 6.18 Å². The summed E-state index contributed by atoms with van der Waals surface area (Å²) in [5.74, 6) is 1.07. The molecule has 23 heavy (non-hydrogen) atoms. The summed E-state index contributed by atoms with van der Waals surface area (Å²) in [7, 11) is -0.819. The Kier molecular flexibility index (Phi) is 11.5. The first-order chi connectivity index (χ1) is 10.4. The van der Waals surface area contributed by atoms with Gasteiger partial charge in [0.2, 0.25) is 0 Å². The van der Waals surface area contributed by atoms with E-state index in [-0.39, 0.29) is 41.8 Å². The van der Waals surface area contributed by atoms with Gasteiger partial charge in [-0.05, 0) is 26.2 Å². The van der Waals surface area contributed by atoms with Crippen molar-refractivity contribution in [2.45, 2.75) is 63.4 Å². The van der Waals surface area contributed by atoms with Crippen LogP contribution in [0.1, 0.15) is 46.0 Å². The van der Waals surface area contributed by atoms with Crippen molar-refractivity contribution in [2.24, 2.45) is 4.99 Å². The summed E-state index contributed by atoms with van der Waals surface area (Å²) in [6.07, 6.45) is -1.45. The number of alkyl halides is 3. The zero-order valence-corrected chi connectivity index (χ0v) is 16.8. The van der Waals surface area contributed by atoms with E-state index in [2.05, 4.69) is 15.6 Å². The van der Waals surface area contributed by atoms with E-state index in [1.807, 2.05) is 13.8 Å². The van der Waals surface area contributed by atoms with Gasteiger partial charge in [-0.15, -0.1) is 24.0 Å². The fourth-order valence-electron chi connectivity index (χ4n) is 2.56. The van der Waals surface area contributed by atoms with E-state index in [1.165, 1.54) is 0 Å². The van der Waals surface area contributed by atoms with Crippen LogP contribution in [0.5, 0.6) is 0 Å². The van der Waals surface area contributed by atoms with Crippen molar-refractivity contribution in [3.8, 4) is 0 Å². The number of nitrogens with zero attached hydrogens (tertiary/aromatic N) is 1. The van der Waals surface area contributed by atoms with Crippen LogP contribution >= 0.6 is 24.0 Å². The second kappa shape index (κ2) is 11.5. The molecule has 0 aromatic heterocycles. The SMILES string of the molecule is CCNC(=NCCC(F)(F)F)NC1CCCC(S(=O)CC)C1.I. The highest BCUT2D eigenvalue weighted by Gasteiger charge is 2.27. The lowest BCUT2D eigenvalue weighted by molar-refractivity contribution is -0.132.